The molecule has 0 amide bonds. The van der Waals surface area contributed by atoms with E-state index in [9.17, 15) is 20.0 Å². The number of hydrogen-bond acceptors (Lipinski definition) is 3. The van der Waals surface area contributed by atoms with Crippen LogP contribution in [0.5, 0.6) is 0 Å². The summed E-state index contributed by atoms with van der Waals surface area (Å²) >= 11 is 0. The third kappa shape index (κ3) is 3.35. The average Bonchev–Trinajstić information content (AvgIpc) is 2.60. The second-order valence-electron chi connectivity index (χ2n) is 6.04. The van der Waals surface area contributed by atoms with Crippen LogP contribution in [0.2, 0.25) is 0 Å². The Morgan fingerprint density at radius 1 is 1.12 bits per heavy atom. The third-order valence-electron chi connectivity index (χ3n) is 4.41. The van der Waals surface area contributed by atoms with Gasteiger partial charge < -0.3 is 5.11 Å². The molecule has 0 spiro atoms. The van der Waals surface area contributed by atoms with E-state index in [2.05, 4.69) is 0 Å². The Hall–Kier alpha value is -3.21. The predicted molar refractivity (Wildman–Crippen MR) is 95.9 cm³/mol. The van der Waals surface area contributed by atoms with Gasteiger partial charge in [0, 0.05) is 11.6 Å². The fraction of sp³-hybridized carbons (Fsp3) is 0.150. The van der Waals surface area contributed by atoms with Crippen LogP contribution in [0.1, 0.15) is 22.6 Å². The van der Waals surface area contributed by atoms with Crippen LogP contribution in [0.15, 0.2) is 60.7 Å². The molecular weight excluding hydrogens is 318 g/mol. The number of nitro groups is 1. The van der Waals surface area contributed by atoms with Crippen LogP contribution in [-0.2, 0) is 11.2 Å². The van der Waals surface area contributed by atoms with E-state index >= 15 is 0 Å². The standard InChI is InChI=1S/C20H17NO4/c1-13-9-10-14(12-19(13)21(24)25)11-18(20(22)23)17-8-4-6-15-5-2-3-7-16(15)17/h2-10,12,18H,11H2,1H3,(H,22,23). The lowest BCUT2D eigenvalue weighted by atomic mass is 9.88. The van der Waals surface area contributed by atoms with Crippen LogP contribution >= 0.6 is 0 Å². The van der Waals surface area contributed by atoms with Gasteiger partial charge in [-0.3, -0.25) is 14.9 Å². The molecular formula is C20H17NO4. The largest absolute Gasteiger partial charge is 0.481 e. The van der Waals surface area contributed by atoms with Gasteiger partial charge in [0.15, 0.2) is 0 Å². The highest BCUT2D eigenvalue weighted by atomic mass is 16.6. The molecule has 126 valence electrons. The smallest absolute Gasteiger partial charge is 0.311 e. The summed E-state index contributed by atoms with van der Waals surface area (Å²) in [7, 11) is 0. The molecule has 0 aromatic heterocycles. The second-order valence-corrected chi connectivity index (χ2v) is 6.04. The van der Waals surface area contributed by atoms with Crippen LogP contribution in [0, 0.1) is 17.0 Å². The van der Waals surface area contributed by atoms with Crippen molar-refractivity contribution in [1.29, 1.82) is 0 Å². The number of benzene rings is 3. The zero-order valence-corrected chi connectivity index (χ0v) is 13.7. The maximum Gasteiger partial charge on any atom is 0.311 e. The lowest BCUT2D eigenvalue weighted by Gasteiger charge is -2.16. The Kier molecular flexibility index (Phi) is 4.48. The molecule has 25 heavy (non-hydrogen) atoms. The van der Waals surface area contributed by atoms with Gasteiger partial charge in [0.2, 0.25) is 0 Å². The van der Waals surface area contributed by atoms with Gasteiger partial charge in [-0.2, -0.15) is 0 Å². The van der Waals surface area contributed by atoms with Gasteiger partial charge in [0.05, 0.1) is 10.8 Å². The van der Waals surface area contributed by atoms with E-state index in [0.29, 0.717) is 16.7 Å². The topological polar surface area (TPSA) is 80.4 Å². The van der Waals surface area contributed by atoms with E-state index in [1.807, 2.05) is 42.5 Å². The normalized spacial score (nSPS) is 12.0. The lowest BCUT2D eigenvalue weighted by Crippen LogP contribution is -2.15. The Balaban J connectivity index is 2.04. The zero-order valence-electron chi connectivity index (χ0n) is 13.7. The fourth-order valence-electron chi connectivity index (χ4n) is 3.10. The van der Waals surface area contributed by atoms with Crippen LogP contribution in [-0.4, -0.2) is 16.0 Å². The zero-order chi connectivity index (χ0) is 18.0. The third-order valence-corrected chi connectivity index (χ3v) is 4.41. The highest BCUT2D eigenvalue weighted by molar-refractivity contribution is 5.90. The van der Waals surface area contributed by atoms with E-state index in [4.69, 9.17) is 0 Å². The predicted octanol–water partition coefficient (Wildman–Crippen LogP) is 4.47. The summed E-state index contributed by atoms with van der Waals surface area (Å²) in [5, 5.41) is 22.7. The van der Waals surface area contributed by atoms with Crippen molar-refractivity contribution in [3.63, 3.8) is 0 Å². The summed E-state index contributed by atoms with van der Waals surface area (Å²) in [6, 6.07) is 18.1. The number of fused-ring (bicyclic) bond motifs is 1. The molecule has 1 unspecified atom stereocenters. The number of aliphatic carboxylic acids is 1. The summed E-state index contributed by atoms with van der Waals surface area (Å²) in [6.45, 7) is 1.67. The van der Waals surface area contributed by atoms with E-state index in [1.165, 1.54) is 6.07 Å². The van der Waals surface area contributed by atoms with Crippen molar-refractivity contribution in [3.05, 3.63) is 87.5 Å². The van der Waals surface area contributed by atoms with Gasteiger partial charge in [0.1, 0.15) is 0 Å². The minimum atomic E-state index is -0.945. The second kappa shape index (κ2) is 6.73. The maximum atomic E-state index is 11.9. The molecule has 0 fully saturated rings. The molecule has 0 saturated heterocycles. The van der Waals surface area contributed by atoms with Crippen molar-refractivity contribution < 1.29 is 14.8 Å². The SMILES string of the molecule is Cc1ccc(CC(C(=O)O)c2cccc3ccccc23)cc1[N+](=O)[O-]. The first-order valence-corrected chi connectivity index (χ1v) is 7.92. The molecule has 1 N–H and O–H groups in total. The molecule has 0 aliphatic carbocycles. The molecule has 5 nitrogen and oxygen atoms in total. The minimum Gasteiger partial charge on any atom is -0.481 e. The number of carboxylic acid groups (broad SMARTS) is 1. The molecule has 5 heteroatoms. The van der Waals surface area contributed by atoms with E-state index in [-0.39, 0.29) is 12.1 Å². The van der Waals surface area contributed by atoms with Crippen LogP contribution < -0.4 is 0 Å². The summed E-state index contributed by atoms with van der Waals surface area (Å²) in [5.41, 5.74) is 1.93. The number of nitrogens with zero attached hydrogens (tertiary/aromatic N) is 1. The summed E-state index contributed by atoms with van der Waals surface area (Å²) < 4.78 is 0. The van der Waals surface area contributed by atoms with Gasteiger partial charge >= 0.3 is 5.97 Å². The van der Waals surface area contributed by atoms with Gasteiger partial charge in [-0.1, -0.05) is 54.6 Å². The lowest BCUT2D eigenvalue weighted by molar-refractivity contribution is -0.385. The number of hydrogen-bond donors (Lipinski definition) is 1. The summed E-state index contributed by atoms with van der Waals surface area (Å²) in [4.78, 5) is 22.6. The van der Waals surface area contributed by atoms with E-state index in [1.54, 1.807) is 19.1 Å². The molecule has 0 aliphatic rings. The fourth-order valence-corrected chi connectivity index (χ4v) is 3.10. The van der Waals surface area contributed by atoms with Gasteiger partial charge in [0.25, 0.3) is 5.69 Å². The minimum absolute atomic E-state index is 0.0135. The molecule has 3 rings (SSSR count). The first-order chi connectivity index (χ1) is 12.0. The van der Waals surface area contributed by atoms with Gasteiger partial charge in [-0.05, 0) is 35.2 Å². The Bertz CT molecular complexity index is 960. The molecule has 0 bridgehead atoms. The molecule has 0 aliphatic heterocycles. The van der Waals surface area contributed by atoms with Crippen molar-refractivity contribution in [1.82, 2.24) is 0 Å². The Labute approximate surface area is 144 Å². The van der Waals surface area contributed by atoms with E-state index < -0.39 is 16.8 Å². The van der Waals surface area contributed by atoms with Gasteiger partial charge in [-0.15, -0.1) is 0 Å². The van der Waals surface area contributed by atoms with Crippen LogP contribution in [0.25, 0.3) is 10.8 Å². The number of aryl methyl sites for hydroxylation is 1. The highest BCUT2D eigenvalue weighted by Gasteiger charge is 2.23. The van der Waals surface area contributed by atoms with Crippen molar-refractivity contribution in [2.24, 2.45) is 0 Å². The molecule has 0 saturated carbocycles. The van der Waals surface area contributed by atoms with E-state index in [0.717, 1.165) is 10.8 Å². The first-order valence-electron chi connectivity index (χ1n) is 7.92. The average molecular weight is 335 g/mol. The molecule has 0 heterocycles. The Morgan fingerprint density at radius 2 is 1.84 bits per heavy atom. The van der Waals surface area contributed by atoms with Crippen molar-refractivity contribution >= 4 is 22.4 Å². The molecule has 0 radical (unpaired) electrons. The van der Waals surface area contributed by atoms with Crippen LogP contribution in [0.3, 0.4) is 0 Å². The summed E-state index contributed by atoms with van der Waals surface area (Å²) in [5.74, 6) is -1.71. The van der Waals surface area contributed by atoms with Crippen LogP contribution in [0.4, 0.5) is 5.69 Å². The Morgan fingerprint density at radius 3 is 2.56 bits per heavy atom. The highest BCUT2D eigenvalue weighted by Crippen LogP contribution is 2.30. The molecule has 3 aromatic carbocycles. The molecule has 1 atom stereocenters. The molecule has 3 aromatic rings. The van der Waals surface area contributed by atoms with Gasteiger partial charge in [-0.25, -0.2) is 0 Å². The van der Waals surface area contributed by atoms with Crippen molar-refractivity contribution in [2.45, 2.75) is 19.3 Å². The quantitative estimate of drug-likeness (QED) is 0.551. The first kappa shape index (κ1) is 16.6. The number of carbonyl (C=O) groups is 1. The number of rotatable bonds is 5. The monoisotopic (exact) mass is 335 g/mol. The number of nitro benzene ring substituents is 1. The maximum absolute atomic E-state index is 11.9. The van der Waals surface area contributed by atoms with Crippen molar-refractivity contribution in [2.75, 3.05) is 0 Å². The van der Waals surface area contributed by atoms with Crippen molar-refractivity contribution in [3.8, 4) is 0 Å². The number of carboxylic acids is 1. The summed E-state index contributed by atoms with van der Waals surface area (Å²) in [6.07, 6.45) is 0.199.